The molecule has 1 aromatic rings. The number of amides is 2. The van der Waals surface area contributed by atoms with Gasteiger partial charge in [-0.25, -0.2) is 18.8 Å². The Bertz CT molecular complexity index is 707. The van der Waals surface area contributed by atoms with Crippen molar-refractivity contribution in [2.24, 2.45) is 0 Å². The summed E-state index contributed by atoms with van der Waals surface area (Å²) < 4.78 is 17.8. The molecule has 0 bridgehead atoms. The van der Waals surface area contributed by atoms with Gasteiger partial charge in [-0.1, -0.05) is 0 Å². The van der Waals surface area contributed by atoms with E-state index >= 15 is 0 Å². The molecule has 0 aliphatic carbocycles. The van der Waals surface area contributed by atoms with Crippen LogP contribution in [0.25, 0.3) is 0 Å². The monoisotopic (exact) mass is 427 g/mol. The molecule has 1 saturated heterocycles. The highest BCUT2D eigenvalue weighted by Crippen LogP contribution is 2.11. The molecule has 11 heteroatoms. The molecule has 1 fully saturated rings. The van der Waals surface area contributed by atoms with Crippen LogP contribution in [0, 0.1) is 5.82 Å². The number of ether oxygens (including phenoxy) is 1. The third-order valence-corrected chi connectivity index (χ3v) is 4.15. The topological polar surface area (TPSA) is 145 Å². The number of aliphatic carboxylic acids is 2. The number of nitrogens with one attached hydrogen (secondary N) is 2. The molecule has 0 spiro atoms. The smallest absolute Gasteiger partial charge is 0.414 e. The first-order valence-electron chi connectivity index (χ1n) is 9.39. The van der Waals surface area contributed by atoms with Crippen molar-refractivity contribution in [1.82, 2.24) is 15.5 Å². The SMILES string of the molecule is CCOC(=O)N1CCC(NCCNC(=O)c2ccc(F)cc2)CC1.O=C(O)C(=O)O. The lowest BCUT2D eigenvalue weighted by molar-refractivity contribution is -0.159. The Morgan fingerprint density at radius 3 is 2.13 bits per heavy atom. The second-order valence-electron chi connectivity index (χ2n) is 6.29. The van der Waals surface area contributed by atoms with E-state index in [2.05, 4.69) is 10.6 Å². The van der Waals surface area contributed by atoms with E-state index in [-0.39, 0.29) is 17.8 Å². The minimum absolute atomic E-state index is 0.214. The van der Waals surface area contributed by atoms with Crippen LogP contribution in [-0.4, -0.2) is 77.9 Å². The Balaban J connectivity index is 0.000000656. The number of halogens is 1. The Kier molecular flexibility index (Phi) is 10.8. The molecule has 0 atom stereocenters. The van der Waals surface area contributed by atoms with Crippen LogP contribution in [0.3, 0.4) is 0 Å². The molecule has 1 aromatic carbocycles. The summed E-state index contributed by atoms with van der Waals surface area (Å²) in [6.07, 6.45) is 1.48. The van der Waals surface area contributed by atoms with Crippen LogP contribution in [0.5, 0.6) is 0 Å². The fraction of sp³-hybridized carbons (Fsp3) is 0.474. The minimum Gasteiger partial charge on any atom is -0.473 e. The van der Waals surface area contributed by atoms with Gasteiger partial charge in [-0.15, -0.1) is 0 Å². The van der Waals surface area contributed by atoms with E-state index in [4.69, 9.17) is 24.5 Å². The van der Waals surface area contributed by atoms with Crippen LogP contribution in [0.2, 0.25) is 0 Å². The van der Waals surface area contributed by atoms with E-state index in [0.29, 0.717) is 44.4 Å². The zero-order valence-electron chi connectivity index (χ0n) is 16.6. The van der Waals surface area contributed by atoms with E-state index in [0.717, 1.165) is 12.8 Å². The molecule has 166 valence electrons. The van der Waals surface area contributed by atoms with Crippen LogP contribution in [0.1, 0.15) is 30.1 Å². The number of carboxylic acid groups (broad SMARTS) is 2. The van der Waals surface area contributed by atoms with Gasteiger partial charge >= 0.3 is 18.0 Å². The van der Waals surface area contributed by atoms with Crippen molar-refractivity contribution in [3.8, 4) is 0 Å². The van der Waals surface area contributed by atoms with Crippen molar-refractivity contribution in [3.05, 3.63) is 35.6 Å². The maximum Gasteiger partial charge on any atom is 0.414 e. The molecule has 0 unspecified atom stereocenters. The van der Waals surface area contributed by atoms with Gasteiger partial charge in [-0.05, 0) is 44.0 Å². The van der Waals surface area contributed by atoms with Gasteiger partial charge in [0.05, 0.1) is 6.61 Å². The molecular weight excluding hydrogens is 401 g/mol. The zero-order valence-corrected chi connectivity index (χ0v) is 16.6. The maximum absolute atomic E-state index is 12.8. The quantitative estimate of drug-likeness (QED) is 0.387. The number of hydrogen-bond acceptors (Lipinski definition) is 6. The average molecular weight is 427 g/mol. The Labute approximate surface area is 173 Å². The predicted octanol–water partition coefficient (Wildman–Crippen LogP) is 0.922. The molecule has 1 aliphatic rings. The molecule has 2 rings (SSSR count). The summed E-state index contributed by atoms with van der Waals surface area (Å²) in [6, 6.07) is 5.79. The van der Waals surface area contributed by atoms with Crippen LogP contribution in [0.4, 0.5) is 9.18 Å². The van der Waals surface area contributed by atoms with Crippen LogP contribution >= 0.6 is 0 Å². The Morgan fingerprint density at radius 1 is 1.07 bits per heavy atom. The molecule has 2 amide bonds. The molecule has 30 heavy (non-hydrogen) atoms. The van der Waals surface area contributed by atoms with Gasteiger partial charge in [-0.3, -0.25) is 4.79 Å². The molecule has 0 aromatic heterocycles. The summed E-state index contributed by atoms with van der Waals surface area (Å²) in [6.45, 7) is 4.69. The van der Waals surface area contributed by atoms with E-state index in [1.807, 2.05) is 0 Å². The molecular formula is C19H26FN3O7. The highest BCUT2D eigenvalue weighted by Gasteiger charge is 2.22. The summed E-state index contributed by atoms with van der Waals surface area (Å²) in [5.74, 6) is -4.22. The van der Waals surface area contributed by atoms with E-state index < -0.39 is 11.9 Å². The van der Waals surface area contributed by atoms with Gasteiger partial charge < -0.3 is 30.5 Å². The molecule has 1 aliphatic heterocycles. The number of nitrogens with zero attached hydrogens (tertiary/aromatic N) is 1. The fourth-order valence-corrected chi connectivity index (χ4v) is 2.64. The largest absolute Gasteiger partial charge is 0.473 e. The fourth-order valence-electron chi connectivity index (χ4n) is 2.64. The van der Waals surface area contributed by atoms with Crippen molar-refractivity contribution in [1.29, 1.82) is 0 Å². The van der Waals surface area contributed by atoms with Crippen LogP contribution in [0.15, 0.2) is 24.3 Å². The van der Waals surface area contributed by atoms with Crippen molar-refractivity contribution in [3.63, 3.8) is 0 Å². The van der Waals surface area contributed by atoms with Crippen LogP contribution < -0.4 is 10.6 Å². The summed E-state index contributed by atoms with van der Waals surface area (Å²) in [5, 5.41) is 21.0. The van der Waals surface area contributed by atoms with Gasteiger partial charge in [0.15, 0.2) is 0 Å². The number of piperidine rings is 1. The highest BCUT2D eigenvalue weighted by atomic mass is 19.1. The van der Waals surface area contributed by atoms with E-state index in [1.54, 1.807) is 11.8 Å². The molecule has 4 N–H and O–H groups in total. The Hall–Kier alpha value is -3.21. The van der Waals surface area contributed by atoms with E-state index in [9.17, 15) is 14.0 Å². The third kappa shape index (κ3) is 9.32. The highest BCUT2D eigenvalue weighted by molar-refractivity contribution is 6.27. The third-order valence-electron chi connectivity index (χ3n) is 4.15. The summed E-state index contributed by atoms with van der Waals surface area (Å²) in [4.78, 5) is 43.4. The summed E-state index contributed by atoms with van der Waals surface area (Å²) in [7, 11) is 0. The number of hydrogen-bond donors (Lipinski definition) is 4. The normalized spacial score (nSPS) is 13.6. The molecule has 0 radical (unpaired) electrons. The lowest BCUT2D eigenvalue weighted by Crippen LogP contribution is -2.46. The summed E-state index contributed by atoms with van der Waals surface area (Å²) in [5.41, 5.74) is 0.444. The molecule has 1 heterocycles. The van der Waals surface area contributed by atoms with Crippen LogP contribution in [-0.2, 0) is 14.3 Å². The molecule has 0 saturated carbocycles. The summed E-state index contributed by atoms with van der Waals surface area (Å²) >= 11 is 0. The van der Waals surface area contributed by atoms with Gasteiger partial charge in [0.2, 0.25) is 0 Å². The van der Waals surface area contributed by atoms with Crippen molar-refractivity contribution < 1.29 is 38.5 Å². The number of benzene rings is 1. The van der Waals surface area contributed by atoms with Crippen molar-refractivity contribution in [2.75, 3.05) is 32.8 Å². The maximum atomic E-state index is 12.8. The minimum atomic E-state index is -1.82. The van der Waals surface area contributed by atoms with Gasteiger partial charge in [0, 0.05) is 37.8 Å². The predicted molar refractivity (Wildman–Crippen MR) is 104 cm³/mol. The average Bonchev–Trinajstić information content (AvgIpc) is 2.72. The van der Waals surface area contributed by atoms with Gasteiger partial charge in [0.1, 0.15) is 5.82 Å². The number of carbonyl (C=O) groups excluding carboxylic acids is 2. The standard InChI is InChI=1S/C17H24FN3O3.C2H2O4/c1-2-24-17(23)21-11-7-15(8-12-21)19-9-10-20-16(22)13-3-5-14(18)6-4-13;3-1(4)2(5)6/h3-6,15,19H,2,7-12H2,1H3,(H,20,22);(H,3,4)(H,5,6). The van der Waals surface area contributed by atoms with Gasteiger partial charge in [0.25, 0.3) is 5.91 Å². The lowest BCUT2D eigenvalue weighted by atomic mass is 10.1. The second-order valence-corrected chi connectivity index (χ2v) is 6.29. The Morgan fingerprint density at radius 2 is 1.63 bits per heavy atom. The number of likely N-dealkylation sites (tertiary alicyclic amines) is 1. The van der Waals surface area contributed by atoms with Crippen molar-refractivity contribution >= 4 is 23.9 Å². The molecule has 10 nitrogen and oxygen atoms in total. The zero-order chi connectivity index (χ0) is 22.5. The van der Waals surface area contributed by atoms with Crippen molar-refractivity contribution in [2.45, 2.75) is 25.8 Å². The number of carboxylic acids is 2. The van der Waals surface area contributed by atoms with Gasteiger partial charge in [-0.2, -0.15) is 0 Å². The lowest BCUT2D eigenvalue weighted by Gasteiger charge is -2.31. The second kappa shape index (κ2) is 13.1. The first-order valence-corrected chi connectivity index (χ1v) is 9.39. The first-order chi connectivity index (χ1) is 14.2. The van der Waals surface area contributed by atoms with E-state index in [1.165, 1.54) is 24.3 Å². The first kappa shape index (κ1) is 24.8. The number of rotatable bonds is 6. The number of carbonyl (C=O) groups is 4.